The van der Waals surface area contributed by atoms with Gasteiger partial charge in [-0.2, -0.15) is 0 Å². The molecule has 0 radical (unpaired) electrons. The van der Waals surface area contributed by atoms with Crippen LogP contribution in [0.3, 0.4) is 0 Å². The van der Waals surface area contributed by atoms with Crippen molar-refractivity contribution in [3.05, 3.63) is 29.6 Å². The summed E-state index contributed by atoms with van der Waals surface area (Å²) in [5.41, 5.74) is 7.57. The van der Waals surface area contributed by atoms with Gasteiger partial charge in [-0.15, -0.1) is 0 Å². The second-order valence-corrected chi connectivity index (χ2v) is 5.39. The van der Waals surface area contributed by atoms with E-state index in [1.165, 1.54) is 6.07 Å². The average Bonchev–Trinajstić information content (AvgIpc) is 2.38. The minimum atomic E-state index is -0.160. The number of rotatable bonds is 3. The standard InChI is InChI=1S/C15H24FN3/c1-4-18-8-9-19(10-11(18)2)15-13(12(3)17)6-5-7-14(15)16/h5-7,11-12H,4,8-10,17H2,1-3H3. The number of hydrogen-bond donors (Lipinski definition) is 1. The van der Waals surface area contributed by atoms with Crippen LogP contribution in [0.1, 0.15) is 32.4 Å². The van der Waals surface area contributed by atoms with Crippen molar-refractivity contribution in [2.75, 3.05) is 31.1 Å². The summed E-state index contributed by atoms with van der Waals surface area (Å²) in [5, 5.41) is 0. The van der Waals surface area contributed by atoms with Gasteiger partial charge in [0, 0.05) is 31.7 Å². The minimum absolute atomic E-state index is 0.148. The van der Waals surface area contributed by atoms with Crippen LogP contribution in [0.4, 0.5) is 10.1 Å². The molecule has 0 aromatic heterocycles. The number of piperazine rings is 1. The fourth-order valence-electron chi connectivity index (χ4n) is 2.90. The molecule has 2 atom stereocenters. The third-order valence-electron chi connectivity index (χ3n) is 4.00. The van der Waals surface area contributed by atoms with Gasteiger partial charge in [0.05, 0.1) is 5.69 Å². The molecule has 0 aliphatic carbocycles. The molecule has 1 aromatic carbocycles. The van der Waals surface area contributed by atoms with Crippen LogP contribution in [0.15, 0.2) is 18.2 Å². The number of para-hydroxylation sites is 1. The molecule has 1 aliphatic heterocycles. The molecular weight excluding hydrogens is 241 g/mol. The Morgan fingerprint density at radius 2 is 2.16 bits per heavy atom. The maximum atomic E-state index is 14.2. The summed E-state index contributed by atoms with van der Waals surface area (Å²) in [5.74, 6) is -0.160. The molecule has 0 bridgehead atoms. The fraction of sp³-hybridized carbons (Fsp3) is 0.600. The van der Waals surface area contributed by atoms with Crippen LogP contribution in [0, 0.1) is 5.82 Å². The van der Waals surface area contributed by atoms with Gasteiger partial charge < -0.3 is 10.6 Å². The highest BCUT2D eigenvalue weighted by molar-refractivity contribution is 5.56. The number of halogens is 1. The van der Waals surface area contributed by atoms with E-state index in [0.717, 1.165) is 31.7 Å². The Bertz CT molecular complexity index is 433. The molecule has 106 valence electrons. The van der Waals surface area contributed by atoms with E-state index in [-0.39, 0.29) is 11.9 Å². The van der Waals surface area contributed by atoms with E-state index in [4.69, 9.17) is 5.73 Å². The highest BCUT2D eigenvalue weighted by Crippen LogP contribution is 2.30. The molecule has 0 spiro atoms. The van der Waals surface area contributed by atoms with Gasteiger partial charge in [-0.1, -0.05) is 19.1 Å². The van der Waals surface area contributed by atoms with Crippen LogP contribution in [0.2, 0.25) is 0 Å². The normalized spacial score (nSPS) is 22.6. The van der Waals surface area contributed by atoms with Gasteiger partial charge in [0.2, 0.25) is 0 Å². The summed E-state index contributed by atoms with van der Waals surface area (Å²) in [7, 11) is 0. The molecule has 2 unspecified atom stereocenters. The number of nitrogens with two attached hydrogens (primary N) is 1. The molecule has 0 saturated carbocycles. The van der Waals surface area contributed by atoms with E-state index >= 15 is 0 Å². The quantitative estimate of drug-likeness (QED) is 0.910. The molecule has 4 heteroatoms. The number of hydrogen-bond acceptors (Lipinski definition) is 3. The first kappa shape index (κ1) is 14.3. The van der Waals surface area contributed by atoms with Gasteiger partial charge >= 0.3 is 0 Å². The van der Waals surface area contributed by atoms with Crippen LogP contribution in [-0.4, -0.2) is 37.1 Å². The Hall–Kier alpha value is -1.13. The molecule has 2 rings (SSSR count). The molecule has 1 fully saturated rings. The predicted octanol–water partition coefficient (Wildman–Crippen LogP) is 2.38. The highest BCUT2D eigenvalue weighted by atomic mass is 19.1. The summed E-state index contributed by atoms with van der Waals surface area (Å²) < 4.78 is 14.2. The molecular formula is C15H24FN3. The van der Waals surface area contributed by atoms with E-state index < -0.39 is 0 Å². The van der Waals surface area contributed by atoms with Crippen molar-refractivity contribution >= 4 is 5.69 Å². The van der Waals surface area contributed by atoms with E-state index in [9.17, 15) is 4.39 Å². The Labute approximate surface area is 115 Å². The van der Waals surface area contributed by atoms with Crippen LogP contribution in [-0.2, 0) is 0 Å². The van der Waals surface area contributed by atoms with Gasteiger partial charge in [-0.3, -0.25) is 4.90 Å². The molecule has 3 nitrogen and oxygen atoms in total. The number of anilines is 1. The fourth-order valence-corrected chi connectivity index (χ4v) is 2.90. The SMILES string of the molecule is CCN1CCN(c2c(F)cccc2C(C)N)CC1C. The lowest BCUT2D eigenvalue weighted by Crippen LogP contribution is -2.52. The van der Waals surface area contributed by atoms with Gasteiger partial charge in [0.1, 0.15) is 5.82 Å². The lowest BCUT2D eigenvalue weighted by Gasteiger charge is -2.41. The monoisotopic (exact) mass is 265 g/mol. The lowest BCUT2D eigenvalue weighted by molar-refractivity contribution is 0.199. The number of likely N-dealkylation sites (N-methyl/N-ethyl adjacent to an activating group) is 1. The van der Waals surface area contributed by atoms with Gasteiger partial charge in [-0.05, 0) is 32.0 Å². The summed E-state index contributed by atoms with van der Waals surface area (Å²) in [6.07, 6.45) is 0. The Morgan fingerprint density at radius 3 is 2.74 bits per heavy atom. The Kier molecular flexibility index (Phi) is 4.42. The summed E-state index contributed by atoms with van der Waals surface area (Å²) in [6, 6.07) is 5.49. The van der Waals surface area contributed by atoms with Crippen LogP contribution >= 0.6 is 0 Å². The van der Waals surface area contributed by atoms with Gasteiger partial charge in [0.15, 0.2) is 0 Å². The minimum Gasteiger partial charge on any atom is -0.366 e. The van der Waals surface area contributed by atoms with E-state index in [1.54, 1.807) is 6.07 Å². The molecule has 19 heavy (non-hydrogen) atoms. The van der Waals surface area contributed by atoms with Crippen molar-refractivity contribution in [3.8, 4) is 0 Å². The first-order valence-electron chi connectivity index (χ1n) is 7.07. The average molecular weight is 265 g/mol. The molecule has 1 aliphatic rings. The van der Waals surface area contributed by atoms with Crippen LogP contribution in [0.25, 0.3) is 0 Å². The lowest BCUT2D eigenvalue weighted by atomic mass is 10.0. The molecule has 2 N–H and O–H groups in total. The summed E-state index contributed by atoms with van der Waals surface area (Å²) >= 11 is 0. The van der Waals surface area contributed by atoms with Crippen molar-refractivity contribution in [3.63, 3.8) is 0 Å². The second-order valence-electron chi connectivity index (χ2n) is 5.39. The Morgan fingerprint density at radius 1 is 1.42 bits per heavy atom. The third-order valence-corrected chi connectivity index (χ3v) is 4.00. The molecule has 0 amide bonds. The molecule has 1 heterocycles. The number of benzene rings is 1. The third kappa shape index (κ3) is 2.90. The summed E-state index contributed by atoms with van der Waals surface area (Å²) in [4.78, 5) is 4.56. The van der Waals surface area contributed by atoms with Crippen LogP contribution in [0.5, 0.6) is 0 Å². The van der Waals surface area contributed by atoms with Crippen molar-refractivity contribution < 1.29 is 4.39 Å². The Balaban J connectivity index is 2.28. The zero-order chi connectivity index (χ0) is 14.0. The second kappa shape index (κ2) is 5.88. The first-order chi connectivity index (χ1) is 9.04. The zero-order valence-corrected chi connectivity index (χ0v) is 12.1. The first-order valence-corrected chi connectivity index (χ1v) is 7.07. The van der Waals surface area contributed by atoms with Crippen molar-refractivity contribution in [1.82, 2.24) is 4.90 Å². The zero-order valence-electron chi connectivity index (χ0n) is 12.1. The van der Waals surface area contributed by atoms with Crippen molar-refractivity contribution in [2.24, 2.45) is 5.73 Å². The van der Waals surface area contributed by atoms with Crippen molar-refractivity contribution in [2.45, 2.75) is 32.9 Å². The molecule has 1 saturated heterocycles. The largest absolute Gasteiger partial charge is 0.366 e. The summed E-state index contributed by atoms with van der Waals surface area (Å²) in [6.45, 7) is 10.0. The molecule has 1 aromatic rings. The van der Waals surface area contributed by atoms with E-state index in [0.29, 0.717) is 11.7 Å². The van der Waals surface area contributed by atoms with Gasteiger partial charge in [-0.25, -0.2) is 4.39 Å². The van der Waals surface area contributed by atoms with Gasteiger partial charge in [0.25, 0.3) is 0 Å². The van der Waals surface area contributed by atoms with E-state index in [2.05, 4.69) is 23.6 Å². The van der Waals surface area contributed by atoms with Crippen molar-refractivity contribution in [1.29, 1.82) is 0 Å². The smallest absolute Gasteiger partial charge is 0.146 e. The van der Waals surface area contributed by atoms with Crippen LogP contribution < -0.4 is 10.6 Å². The highest BCUT2D eigenvalue weighted by Gasteiger charge is 2.26. The predicted molar refractivity (Wildman–Crippen MR) is 77.9 cm³/mol. The maximum Gasteiger partial charge on any atom is 0.146 e. The number of nitrogens with zero attached hydrogens (tertiary/aromatic N) is 2. The topological polar surface area (TPSA) is 32.5 Å². The maximum absolute atomic E-state index is 14.2. The van der Waals surface area contributed by atoms with E-state index in [1.807, 2.05) is 13.0 Å².